The van der Waals surface area contributed by atoms with Crippen LogP contribution in [0.4, 0.5) is 11.4 Å². The molecule has 0 bridgehead atoms. The van der Waals surface area contributed by atoms with E-state index in [2.05, 4.69) is 10.3 Å². The number of aryl methyl sites for hydroxylation is 2. The van der Waals surface area contributed by atoms with Crippen LogP contribution in [0.25, 0.3) is 10.2 Å². The maximum absolute atomic E-state index is 12.6. The van der Waals surface area contributed by atoms with Gasteiger partial charge >= 0.3 is 0 Å². The van der Waals surface area contributed by atoms with Crippen LogP contribution in [0.15, 0.2) is 30.3 Å². The van der Waals surface area contributed by atoms with E-state index in [0.29, 0.717) is 32.8 Å². The SMILES string of the molecule is Cc1ccc(NC(=O)c2sc3nc4c(cc3c2N)C(=O)CCC4)cc1. The number of rotatable bonds is 2. The molecular formula is C19H17N3O2S. The average Bonchev–Trinajstić information content (AvgIpc) is 2.92. The summed E-state index contributed by atoms with van der Waals surface area (Å²) in [6.07, 6.45) is 2.16. The number of hydrogen-bond donors (Lipinski definition) is 2. The molecule has 1 amide bonds. The van der Waals surface area contributed by atoms with Crippen LogP contribution >= 0.6 is 11.3 Å². The van der Waals surface area contributed by atoms with Crippen LogP contribution in [0.5, 0.6) is 0 Å². The fourth-order valence-corrected chi connectivity index (χ4v) is 4.05. The van der Waals surface area contributed by atoms with Crippen molar-refractivity contribution in [3.8, 4) is 0 Å². The lowest BCUT2D eigenvalue weighted by molar-refractivity contribution is 0.0970. The summed E-state index contributed by atoms with van der Waals surface area (Å²) in [5.41, 5.74) is 9.89. The number of thiophene rings is 1. The van der Waals surface area contributed by atoms with Gasteiger partial charge in [-0.2, -0.15) is 0 Å². The van der Waals surface area contributed by atoms with Gasteiger partial charge in [-0.1, -0.05) is 17.7 Å². The molecule has 1 aliphatic rings. The van der Waals surface area contributed by atoms with Crippen LogP contribution in [-0.4, -0.2) is 16.7 Å². The Morgan fingerprint density at radius 1 is 1.24 bits per heavy atom. The van der Waals surface area contributed by atoms with Gasteiger partial charge in [0.25, 0.3) is 5.91 Å². The van der Waals surface area contributed by atoms with Crippen molar-refractivity contribution in [1.29, 1.82) is 0 Å². The highest BCUT2D eigenvalue weighted by Gasteiger charge is 2.23. The summed E-state index contributed by atoms with van der Waals surface area (Å²) in [4.78, 5) is 30.4. The van der Waals surface area contributed by atoms with Gasteiger partial charge < -0.3 is 11.1 Å². The van der Waals surface area contributed by atoms with Crippen LogP contribution in [0.1, 0.15) is 44.1 Å². The number of carbonyl (C=O) groups is 2. The normalized spacial score (nSPS) is 13.7. The second-order valence-electron chi connectivity index (χ2n) is 6.28. The Bertz CT molecular complexity index is 1010. The predicted molar refractivity (Wildman–Crippen MR) is 100 cm³/mol. The van der Waals surface area contributed by atoms with Crippen molar-refractivity contribution in [1.82, 2.24) is 4.98 Å². The number of nitrogen functional groups attached to an aromatic ring is 1. The molecule has 6 heteroatoms. The van der Waals surface area contributed by atoms with E-state index < -0.39 is 0 Å². The third-order valence-corrected chi connectivity index (χ3v) is 5.55. The third-order valence-electron chi connectivity index (χ3n) is 4.43. The van der Waals surface area contributed by atoms with Crippen molar-refractivity contribution in [2.75, 3.05) is 11.1 Å². The summed E-state index contributed by atoms with van der Waals surface area (Å²) < 4.78 is 0. The molecule has 2 heterocycles. The lowest BCUT2D eigenvalue weighted by Crippen LogP contribution is -2.12. The number of nitrogens with zero attached hydrogens (tertiary/aromatic N) is 1. The molecule has 5 nitrogen and oxygen atoms in total. The summed E-state index contributed by atoms with van der Waals surface area (Å²) in [5, 5.41) is 3.55. The molecule has 0 spiro atoms. The number of hydrogen-bond acceptors (Lipinski definition) is 5. The number of ketones is 1. The minimum absolute atomic E-state index is 0.104. The van der Waals surface area contributed by atoms with E-state index in [4.69, 9.17) is 5.73 Å². The molecule has 0 saturated heterocycles. The van der Waals surface area contributed by atoms with E-state index in [0.717, 1.165) is 29.8 Å². The van der Waals surface area contributed by atoms with E-state index in [1.165, 1.54) is 11.3 Å². The topological polar surface area (TPSA) is 85.1 Å². The molecule has 4 rings (SSSR count). The number of nitrogens with two attached hydrogens (primary N) is 1. The first-order valence-electron chi connectivity index (χ1n) is 8.16. The highest BCUT2D eigenvalue weighted by molar-refractivity contribution is 7.21. The smallest absolute Gasteiger partial charge is 0.267 e. The summed E-state index contributed by atoms with van der Waals surface area (Å²) in [5.74, 6) is -0.152. The summed E-state index contributed by atoms with van der Waals surface area (Å²) in [6, 6.07) is 9.38. The maximum Gasteiger partial charge on any atom is 0.267 e. The van der Waals surface area contributed by atoms with Gasteiger partial charge in [0.05, 0.1) is 11.4 Å². The van der Waals surface area contributed by atoms with Crippen molar-refractivity contribution in [3.05, 3.63) is 52.0 Å². The predicted octanol–water partition coefficient (Wildman–Crippen LogP) is 3.96. The Morgan fingerprint density at radius 2 is 2.00 bits per heavy atom. The standard InChI is InChI=1S/C19H17N3O2S/c1-10-5-7-11(8-6-10)21-18(24)17-16(20)13-9-12-14(22-19(13)25-17)3-2-4-15(12)23/h5-9H,2-4,20H2,1H3,(H,21,24). The van der Waals surface area contributed by atoms with Crippen molar-refractivity contribution in [2.24, 2.45) is 0 Å². The lowest BCUT2D eigenvalue weighted by atomic mass is 9.94. The van der Waals surface area contributed by atoms with Gasteiger partial charge in [0.1, 0.15) is 9.71 Å². The summed E-state index contributed by atoms with van der Waals surface area (Å²) >= 11 is 1.27. The van der Waals surface area contributed by atoms with Gasteiger partial charge in [-0.15, -0.1) is 11.3 Å². The minimum atomic E-state index is -0.256. The van der Waals surface area contributed by atoms with Crippen LogP contribution in [-0.2, 0) is 6.42 Å². The molecule has 25 heavy (non-hydrogen) atoms. The monoisotopic (exact) mass is 351 g/mol. The van der Waals surface area contributed by atoms with Crippen LogP contribution in [0, 0.1) is 6.92 Å². The minimum Gasteiger partial charge on any atom is -0.397 e. The van der Waals surface area contributed by atoms with Gasteiger partial charge in [0.15, 0.2) is 5.78 Å². The second kappa shape index (κ2) is 5.97. The van der Waals surface area contributed by atoms with Crippen LogP contribution in [0.2, 0.25) is 0 Å². The molecular weight excluding hydrogens is 334 g/mol. The average molecular weight is 351 g/mol. The van der Waals surface area contributed by atoms with Gasteiger partial charge in [-0.3, -0.25) is 9.59 Å². The first-order valence-corrected chi connectivity index (χ1v) is 8.97. The van der Waals surface area contributed by atoms with E-state index in [-0.39, 0.29) is 11.7 Å². The van der Waals surface area contributed by atoms with E-state index >= 15 is 0 Å². The third kappa shape index (κ3) is 2.78. The Kier molecular flexibility index (Phi) is 3.77. The maximum atomic E-state index is 12.6. The van der Waals surface area contributed by atoms with Crippen molar-refractivity contribution >= 4 is 44.6 Å². The molecule has 126 valence electrons. The van der Waals surface area contributed by atoms with E-state index in [1.54, 1.807) is 6.07 Å². The molecule has 0 atom stereocenters. The number of pyridine rings is 1. The molecule has 0 fully saturated rings. The highest BCUT2D eigenvalue weighted by Crippen LogP contribution is 2.35. The molecule has 1 aromatic carbocycles. The van der Waals surface area contributed by atoms with E-state index in [1.807, 2.05) is 31.2 Å². The largest absolute Gasteiger partial charge is 0.397 e. The fourth-order valence-electron chi connectivity index (χ4n) is 3.05. The van der Waals surface area contributed by atoms with Gasteiger partial charge in [-0.05, 0) is 38.0 Å². The Hall–Kier alpha value is -2.73. The zero-order valence-electron chi connectivity index (χ0n) is 13.8. The van der Waals surface area contributed by atoms with Crippen molar-refractivity contribution in [2.45, 2.75) is 26.2 Å². The number of Topliss-reactive ketones (excluding diaryl/α,β-unsaturated/α-hetero) is 1. The zero-order chi connectivity index (χ0) is 17.6. The molecule has 0 aliphatic heterocycles. The lowest BCUT2D eigenvalue weighted by Gasteiger charge is -2.13. The van der Waals surface area contributed by atoms with Crippen LogP contribution in [0.3, 0.4) is 0 Å². The second-order valence-corrected chi connectivity index (χ2v) is 7.28. The number of anilines is 2. The fraction of sp³-hybridized carbons (Fsp3) is 0.211. The molecule has 3 N–H and O–H groups in total. The first kappa shape index (κ1) is 15.8. The van der Waals surface area contributed by atoms with Gasteiger partial charge in [0.2, 0.25) is 0 Å². The highest BCUT2D eigenvalue weighted by atomic mass is 32.1. The van der Waals surface area contributed by atoms with E-state index in [9.17, 15) is 9.59 Å². The molecule has 1 aliphatic carbocycles. The molecule has 0 radical (unpaired) electrons. The number of aromatic nitrogens is 1. The van der Waals surface area contributed by atoms with Gasteiger partial charge in [0, 0.05) is 23.1 Å². The molecule has 0 saturated carbocycles. The Morgan fingerprint density at radius 3 is 2.76 bits per heavy atom. The number of nitrogens with one attached hydrogen (secondary N) is 1. The zero-order valence-corrected chi connectivity index (χ0v) is 14.6. The Balaban J connectivity index is 1.72. The molecule has 3 aromatic rings. The number of amides is 1. The van der Waals surface area contributed by atoms with Crippen molar-refractivity contribution in [3.63, 3.8) is 0 Å². The number of carbonyl (C=O) groups excluding carboxylic acids is 2. The summed E-state index contributed by atoms with van der Waals surface area (Å²) in [6.45, 7) is 1.99. The van der Waals surface area contributed by atoms with Crippen LogP contribution < -0.4 is 11.1 Å². The first-order chi connectivity index (χ1) is 12.0. The summed E-state index contributed by atoms with van der Waals surface area (Å²) in [7, 11) is 0. The number of benzene rings is 1. The quantitative estimate of drug-likeness (QED) is 0.732. The Labute approximate surface area is 148 Å². The molecule has 2 aromatic heterocycles. The molecule has 0 unspecified atom stereocenters. The number of fused-ring (bicyclic) bond motifs is 2. The van der Waals surface area contributed by atoms with Gasteiger partial charge in [-0.25, -0.2) is 4.98 Å². The van der Waals surface area contributed by atoms with Crippen molar-refractivity contribution < 1.29 is 9.59 Å².